The molecule has 182 valence electrons. The highest BCUT2D eigenvalue weighted by molar-refractivity contribution is 5.84. The molecule has 3 rings (SSSR count). The van der Waals surface area contributed by atoms with E-state index in [1.807, 2.05) is 29.8 Å². The van der Waals surface area contributed by atoms with Crippen LogP contribution in [0.1, 0.15) is 22.9 Å². The average Bonchev–Trinajstić information content (AvgIpc) is 3.14. The zero-order valence-electron chi connectivity index (χ0n) is 18.6. The van der Waals surface area contributed by atoms with Gasteiger partial charge in [-0.25, -0.2) is 9.78 Å². The number of fused-ring (bicyclic) bond motifs is 1. The summed E-state index contributed by atoms with van der Waals surface area (Å²) < 4.78 is 44.2. The van der Waals surface area contributed by atoms with Crippen LogP contribution < -0.4 is 10.1 Å². The lowest BCUT2D eigenvalue weighted by Crippen LogP contribution is -2.42. The number of benzene rings is 1. The van der Waals surface area contributed by atoms with Gasteiger partial charge in [0, 0.05) is 45.9 Å². The van der Waals surface area contributed by atoms with Gasteiger partial charge in [0.05, 0.1) is 37.3 Å². The second-order valence-electron chi connectivity index (χ2n) is 7.31. The van der Waals surface area contributed by atoms with Gasteiger partial charge in [0.25, 0.3) is 0 Å². The molecule has 33 heavy (non-hydrogen) atoms. The number of ether oxygens (including phenoxy) is 2. The van der Waals surface area contributed by atoms with Crippen molar-refractivity contribution in [1.82, 2.24) is 19.8 Å². The lowest BCUT2D eigenvalue weighted by molar-refractivity contribution is -0.192. The van der Waals surface area contributed by atoms with E-state index in [2.05, 4.69) is 21.3 Å². The van der Waals surface area contributed by atoms with Crippen molar-refractivity contribution >= 4 is 11.9 Å². The fourth-order valence-electron chi connectivity index (χ4n) is 3.48. The van der Waals surface area contributed by atoms with Gasteiger partial charge in [-0.3, -0.25) is 9.69 Å². The molecule has 2 N–H and O–H groups in total. The Morgan fingerprint density at radius 3 is 2.55 bits per heavy atom. The lowest BCUT2D eigenvalue weighted by Gasteiger charge is -2.32. The Morgan fingerprint density at radius 1 is 1.27 bits per heavy atom. The molecule has 0 spiro atoms. The van der Waals surface area contributed by atoms with Crippen molar-refractivity contribution in [2.45, 2.75) is 25.2 Å². The van der Waals surface area contributed by atoms with Crippen LogP contribution >= 0.6 is 0 Å². The Balaban J connectivity index is 0.000000479. The van der Waals surface area contributed by atoms with Crippen LogP contribution in [-0.4, -0.2) is 71.5 Å². The Labute approximate surface area is 189 Å². The number of aromatic nitrogens is 2. The molecule has 1 amide bonds. The first-order valence-corrected chi connectivity index (χ1v) is 9.99. The smallest absolute Gasteiger partial charge is 0.490 e. The Bertz CT molecular complexity index is 948. The number of nitrogens with zero attached hydrogens (tertiary/aromatic N) is 3. The third kappa shape index (κ3) is 7.19. The van der Waals surface area contributed by atoms with Gasteiger partial charge in [0.1, 0.15) is 5.75 Å². The van der Waals surface area contributed by atoms with Crippen molar-refractivity contribution in [3.63, 3.8) is 0 Å². The van der Waals surface area contributed by atoms with E-state index in [-0.39, 0.29) is 11.8 Å². The van der Waals surface area contributed by atoms with Crippen LogP contribution in [0.5, 0.6) is 5.75 Å². The summed E-state index contributed by atoms with van der Waals surface area (Å²) in [5, 5.41) is 10.1. The zero-order valence-corrected chi connectivity index (χ0v) is 18.6. The van der Waals surface area contributed by atoms with Crippen molar-refractivity contribution in [3.05, 3.63) is 47.5 Å². The molecule has 2 heterocycles. The molecule has 12 heteroatoms. The van der Waals surface area contributed by atoms with Gasteiger partial charge in [-0.2, -0.15) is 13.2 Å². The standard InChI is InChI=1S/C19H26N4O3.C2HF3O2/c1-22-13-21-16-12-23(10-14-6-4-5-7-17(14)26-3)11-15(18(16)22)19(24)20-8-9-25-2;3-2(4,5)1(6)7/h4-7,13,15H,8-12H2,1-3H3,(H,20,24);(H,6,7). The van der Waals surface area contributed by atoms with E-state index in [4.69, 9.17) is 19.4 Å². The Morgan fingerprint density at radius 2 is 1.94 bits per heavy atom. The van der Waals surface area contributed by atoms with Gasteiger partial charge in [0.15, 0.2) is 0 Å². The van der Waals surface area contributed by atoms with E-state index in [1.54, 1.807) is 20.5 Å². The molecule has 1 aliphatic rings. The second kappa shape index (κ2) is 11.7. The number of hydrogen-bond donors (Lipinski definition) is 2. The summed E-state index contributed by atoms with van der Waals surface area (Å²) in [5.74, 6) is -2.14. The topological polar surface area (TPSA) is 106 Å². The molecule has 0 aliphatic carbocycles. The number of carbonyl (C=O) groups excluding carboxylic acids is 1. The summed E-state index contributed by atoms with van der Waals surface area (Å²) in [6.07, 6.45) is -3.30. The van der Waals surface area contributed by atoms with Gasteiger partial charge in [-0.05, 0) is 6.07 Å². The van der Waals surface area contributed by atoms with E-state index in [9.17, 15) is 18.0 Å². The molecule has 1 aromatic heterocycles. The Hall–Kier alpha value is -3.12. The first kappa shape index (κ1) is 26.1. The number of rotatable bonds is 7. The highest BCUT2D eigenvalue weighted by atomic mass is 19.4. The number of imidazole rings is 1. The van der Waals surface area contributed by atoms with E-state index >= 15 is 0 Å². The maximum atomic E-state index is 12.7. The molecule has 0 bridgehead atoms. The molecule has 1 unspecified atom stereocenters. The van der Waals surface area contributed by atoms with E-state index in [1.165, 1.54) is 0 Å². The fraction of sp³-hybridized carbons (Fsp3) is 0.476. The highest BCUT2D eigenvalue weighted by Gasteiger charge is 2.38. The summed E-state index contributed by atoms with van der Waals surface area (Å²) in [7, 11) is 5.25. The minimum absolute atomic E-state index is 0.0108. The molecule has 0 radical (unpaired) electrons. The number of carboxylic acids is 1. The zero-order chi connectivity index (χ0) is 24.6. The van der Waals surface area contributed by atoms with E-state index in [0.29, 0.717) is 26.2 Å². The van der Waals surface area contributed by atoms with Crippen molar-refractivity contribution in [3.8, 4) is 5.75 Å². The monoisotopic (exact) mass is 472 g/mol. The molecule has 2 aromatic rings. The third-order valence-electron chi connectivity index (χ3n) is 4.96. The van der Waals surface area contributed by atoms with Gasteiger partial charge in [-0.15, -0.1) is 0 Å². The van der Waals surface area contributed by atoms with Crippen LogP contribution in [0.4, 0.5) is 13.2 Å². The van der Waals surface area contributed by atoms with E-state index in [0.717, 1.165) is 29.2 Å². The number of aryl methyl sites for hydroxylation is 1. The first-order valence-electron chi connectivity index (χ1n) is 9.99. The van der Waals surface area contributed by atoms with E-state index < -0.39 is 12.1 Å². The second-order valence-corrected chi connectivity index (χ2v) is 7.31. The number of alkyl halides is 3. The summed E-state index contributed by atoms with van der Waals surface area (Å²) in [4.78, 5) is 28.4. The third-order valence-corrected chi connectivity index (χ3v) is 4.96. The predicted molar refractivity (Wildman–Crippen MR) is 112 cm³/mol. The quantitative estimate of drug-likeness (QED) is 0.593. The SMILES string of the molecule is COCCNC(=O)C1CN(Cc2ccccc2OC)Cc2ncn(C)c21.O=C(O)C(F)(F)F. The van der Waals surface area contributed by atoms with Gasteiger partial charge in [-0.1, -0.05) is 18.2 Å². The average molecular weight is 472 g/mol. The van der Waals surface area contributed by atoms with Crippen molar-refractivity contribution in [1.29, 1.82) is 0 Å². The maximum Gasteiger partial charge on any atom is 0.490 e. The van der Waals surface area contributed by atoms with Crippen LogP contribution in [0.15, 0.2) is 30.6 Å². The molecule has 1 aliphatic heterocycles. The van der Waals surface area contributed by atoms with Crippen molar-refractivity contribution in [2.75, 3.05) is 33.9 Å². The summed E-state index contributed by atoms with van der Waals surface area (Å²) in [5.41, 5.74) is 3.06. The van der Waals surface area contributed by atoms with Crippen LogP contribution in [0.3, 0.4) is 0 Å². The number of methoxy groups -OCH3 is 2. The normalized spacial score (nSPS) is 15.8. The van der Waals surface area contributed by atoms with Gasteiger partial charge >= 0.3 is 12.1 Å². The molecule has 1 atom stereocenters. The minimum atomic E-state index is -5.08. The molecular weight excluding hydrogens is 445 g/mol. The summed E-state index contributed by atoms with van der Waals surface area (Å²) in [6, 6.07) is 7.98. The van der Waals surface area contributed by atoms with Gasteiger partial charge in [0.2, 0.25) is 5.91 Å². The first-order chi connectivity index (χ1) is 15.6. The summed E-state index contributed by atoms with van der Waals surface area (Å²) >= 11 is 0. The number of hydrogen-bond acceptors (Lipinski definition) is 6. The van der Waals surface area contributed by atoms with Crippen LogP contribution in [0.2, 0.25) is 0 Å². The molecule has 9 nitrogen and oxygen atoms in total. The number of carbonyl (C=O) groups is 2. The number of amides is 1. The number of para-hydroxylation sites is 1. The number of aliphatic carboxylic acids is 1. The molecule has 1 aromatic carbocycles. The number of carboxylic acid groups (broad SMARTS) is 1. The fourth-order valence-corrected chi connectivity index (χ4v) is 3.48. The lowest BCUT2D eigenvalue weighted by atomic mass is 9.96. The molecule has 0 fully saturated rings. The largest absolute Gasteiger partial charge is 0.496 e. The molecule has 0 saturated carbocycles. The maximum absolute atomic E-state index is 12.7. The van der Waals surface area contributed by atoms with Crippen molar-refractivity contribution in [2.24, 2.45) is 7.05 Å². The van der Waals surface area contributed by atoms with Crippen molar-refractivity contribution < 1.29 is 37.3 Å². The van der Waals surface area contributed by atoms with Gasteiger partial charge < -0.3 is 24.5 Å². The highest BCUT2D eigenvalue weighted by Crippen LogP contribution is 2.30. The van der Waals surface area contributed by atoms with Crippen LogP contribution in [0.25, 0.3) is 0 Å². The Kier molecular flexibility index (Phi) is 9.23. The van der Waals surface area contributed by atoms with Crippen LogP contribution in [0, 0.1) is 0 Å². The molecule has 0 saturated heterocycles. The summed E-state index contributed by atoms with van der Waals surface area (Å²) in [6.45, 7) is 3.08. The predicted octanol–water partition coefficient (Wildman–Crippen LogP) is 1.92. The number of nitrogens with one attached hydrogen (secondary N) is 1. The van der Waals surface area contributed by atoms with Crippen LogP contribution in [-0.2, 0) is 34.5 Å². The molecular formula is C21H27F3N4O5. The number of halogens is 3. The minimum Gasteiger partial charge on any atom is -0.496 e.